The first kappa shape index (κ1) is 15.5. The van der Waals surface area contributed by atoms with Gasteiger partial charge in [0.15, 0.2) is 5.82 Å². The minimum Gasteiger partial charge on any atom is -0.381 e. The summed E-state index contributed by atoms with van der Waals surface area (Å²) in [6.45, 7) is 6.18. The van der Waals surface area contributed by atoms with E-state index in [1.807, 2.05) is 38.1 Å². The van der Waals surface area contributed by atoms with Gasteiger partial charge in [0, 0.05) is 18.8 Å². The van der Waals surface area contributed by atoms with E-state index in [9.17, 15) is 8.42 Å². The van der Waals surface area contributed by atoms with Crippen LogP contribution in [0.25, 0.3) is 0 Å². The van der Waals surface area contributed by atoms with E-state index in [1.165, 1.54) is 10.9 Å². The molecule has 0 amide bonds. The van der Waals surface area contributed by atoms with Gasteiger partial charge in [-0.15, -0.1) is 0 Å². The van der Waals surface area contributed by atoms with Crippen molar-refractivity contribution in [1.29, 1.82) is 0 Å². The van der Waals surface area contributed by atoms with Crippen molar-refractivity contribution in [3.8, 4) is 0 Å². The number of nitrogens with zero attached hydrogens (tertiary/aromatic N) is 2. The molecule has 0 saturated carbocycles. The van der Waals surface area contributed by atoms with E-state index in [-0.39, 0.29) is 16.8 Å². The number of aromatic nitrogens is 2. The van der Waals surface area contributed by atoms with Crippen molar-refractivity contribution in [2.45, 2.75) is 38.3 Å². The Morgan fingerprint density at radius 3 is 2.62 bits per heavy atom. The molecule has 6 nitrogen and oxygen atoms in total. The highest BCUT2D eigenvalue weighted by Gasteiger charge is 2.24. The zero-order valence-corrected chi connectivity index (χ0v) is 13.2. The fourth-order valence-electron chi connectivity index (χ4n) is 2.22. The van der Waals surface area contributed by atoms with E-state index in [4.69, 9.17) is 5.73 Å². The average Bonchev–Trinajstić information content (AvgIpc) is 2.81. The average molecular weight is 308 g/mol. The number of hydrogen-bond acceptors (Lipinski definition) is 4. The molecule has 0 aliphatic heterocycles. The number of rotatable bonds is 5. The first-order valence-electron chi connectivity index (χ1n) is 6.76. The minimum atomic E-state index is -3.70. The lowest BCUT2D eigenvalue weighted by Gasteiger charge is -2.16. The van der Waals surface area contributed by atoms with E-state index >= 15 is 0 Å². The highest BCUT2D eigenvalue weighted by atomic mass is 32.2. The van der Waals surface area contributed by atoms with Gasteiger partial charge >= 0.3 is 0 Å². The molecule has 0 bridgehead atoms. The van der Waals surface area contributed by atoms with E-state index in [0.29, 0.717) is 6.54 Å². The Labute approximate surface area is 125 Å². The second kappa shape index (κ2) is 5.87. The first-order valence-corrected chi connectivity index (χ1v) is 8.24. The van der Waals surface area contributed by atoms with E-state index < -0.39 is 10.0 Å². The van der Waals surface area contributed by atoms with E-state index in [1.54, 1.807) is 6.92 Å². The summed E-state index contributed by atoms with van der Waals surface area (Å²) in [5, 5.41) is 3.97. The maximum atomic E-state index is 12.4. The Morgan fingerprint density at radius 1 is 1.38 bits per heavy atom. The SMILES string of the molecule is CCn1cc(S(=O)(=O)NC(C)c2ccccc2C)c(N)n1. The molecule has 1 atom stereocenters. The molecule has 0 spiro atoms. The van der Waals surface area contributed by atoms with Gasteiger partial charge in [-0.25, -0.2) is 13.1 Å². The zero-order chi connectivity index (χ0) is 15.6. The van der Waals surface area contributed by atoms with Gasteiger partial charge < -0.3 is 5.73 Å². The van der Waals surface area contributed by atoms with Crippen LogP contribution in [-0.2, 0) is 16.6 Å². The van der Waals surface area contributed by atoms with Crippen molar-refractivity contribution >= 4 is 15.8 Å². The molecule has 2 rings (SSSR count). The van der Waals surface area contributed by atoms with Crippen molar-refractivity contribution in [2.24, 2.45) is 0 Å². The summed E-state index contributed by atoms with van der Waals surface area (Å²) in [7, 11) is -3.70. The molecule has 114 valence electrons. The number of anilines is 1. The molecular formula is C14H20N4O2S. The summed E-state index contributed by atoms with van der Waals surface area (Å²) >= 11 is 0. The molecular weight excluding hydrogens is 288 g/mol. The van der Waals surface area contributed by atoms with Gasteiger partial charge in [-0.1, -0.05) is 24.3 Å². The van der Waals surface area contributed by atoms with Gasteiger partial charge in [-0.3, -0.25) is 4.68 Å². The van der Waals surface area contributed by atoms with Gasteiger partial charge in [0.05, 0.1) is 0 Å². The van der Waals surface area contributed by atoms with Crippen LogP contribution in [0.4, 0.5) is 5.82 Å². The maximum Gasteiger partial charge on any atom is 0.246 e. The second-order valence-corrected chi connectivity index (χ2v) is 6.62. The molecule has 0 fully saturated rings. The number of sulfonamides is 1. The number of nitrogen functional groups attached to an aromatic ring is 1. The highest BCUT2D eigenvalue weighted by Crippen LogP contribution is 2.22. The summed E-state index contributed by atoms with van der Waals surface area (Å²) in [4.78, 5) is 0.0183. The predicted molar refractivity (Wildman–Crippen MR) is 82.2 cm³/mol. The molecule has 3 N–H and O–H groups in total. The van der Waals surface area contributed by atoms with Crippen LogP contribution < -0.4 is 10.5 Å². The molecule has 0 aliphatic rings. The molecule has 0 radical (unpaired) electrons. The quantitative estimate of drug-likeness (QED) is 0.881. The first-order chi connectivity index (χ1) is 9.85. The molecule has 0 saturated heterocycles. The van der Waals surface area contributed by atoms with Crippen LogP contribution >= 0.6 is 0 Å². The lowest BCUT2D eigenvalue weighted by Crippen LogP contribution is -2.27. The largest absolute Gasteiger partial charge is 0.381 e. The third kappa shape index (κ3) is 3.25. The Balaban J connectivity index is 2.29. The molecule has 1 heterocycles. The van der Waals surface area contributed by atoms with Crippen molar-refractivity contribution in [1.82, 2.24) is 14.5 Å². The number of nitrogens with two attached hydrogens (primary N) is 1. The van der Waals surface area contributed by atoms with Crippen molar-refractivity contribution in [2.75, 3.05) is 5.73 Å². The molecule has 1 aromatic carbocycles. The number of benzene rings is 1. The van der Waals surface area contributed by atoms with Crippen LogP contribution in [0.1, 0.15) is 31.0 Å². The Kier molecular flexibility index (Phi) is 4.34. The molecule has 2 aromatic rings. The van der Waals surface area contributed by atoms with E-state index in [2.05, 4.69) is 9.82 Å². The third-order valence-electron chi connectivity index (χ3n) is 3.36. The Morgan fingerprint density at radius 2 is 2.05 bits per heavy atom. The standard InChI is InChI=1S/C14H20N4O2S/c1-4-18-9-13(14(15)16-18)21(19,20)17-11(3)12-8-6-5-7-10(12)2/h5-9,11,17H,4H2,1-3H3,(H2,15,16). The maximum absolute atomic E-state index is 12.4. The summed E-state index contributed by atoms with van der Waals surface area (Å²) < 4.78 is 29.0. The third-order valence-corrected chi connectivity index (χ3v) is 4.91. The van der Waals surface area contributed by atoms with Gasteiger partial charge in [-0.2, -0.15) is 5.10 Å². The lowest BCUT2D eigenvalue weighted by atomic mass is 10.0. The topological polar surface area (TPSA) is 90.0 Å². The smallest absolute Gasteiger partial charge is 0.246 e. The fourth-order valence-corrected chi connectivity index (χ4v) is 3.52. The molecule has 1 unspecified atom stereocenters. The van der Waals surface area contributed by atoms with Crippen LogP contribution in [-0.4, -0.2) is 18.2 Å². The predicted octanol–water partition coefficient (Wildman–Crippen LogP) is 1.83. The number of aryl methyl sites for hydroxylation is 2. The fraction of sp³-hybridized carbons (Fsp3) is 0.357. The van der Waals surface area contributed by atoms with Gasteiger partial charge in [0.2, 0.25) is 10.0 Å². The van der Waals surface area contributed by atoms with Crippen LogP contribution in [0.3, 0.4) is 0 Å². The van der Waals surface area contributed by atoms with Crippen molar-refractivity contribution in [3.05, 3.63) is 41.6 Å². The van der Waals surface area contributed by atoms with Gasteiger partial charge in [0.25, 0.3) is 0 Å². The van der Waals surface area contributed by atoms with Crippen LogP contribution in [0.2, 0.25) is 0 Å². The van der Waals surface area contributed by atoms with Gasteiger partial charge in [0.1, 0.15) is 4.90 Å². The summed E-state index contributed by atoms with van der Waals surface area (Å²) in [5.41, 5.74) is 7.66. The van der Waals surface area contributed by atoms with E-state index in [0.717, 1.165) is 11.1 Å². The summed E-state index contributed by atoms with van der Waals surface area (Å²) in [6.07, 6.45) is 1.45. The monoisotopic (exact) mass is 308 g/mol. The molecule has 1 aromatic heterocycles. The Bertz CT molecular complexity index is 737. The summed E-state index contributed by atoms with van der Waals surface area (Å²) in [5.74, 6) is 0.0151. The normalized spacial score (nSPS) is 13.3. The van der Waals surface area contributed by atoms with Crippen molar-refractivity contribution in [3.63, 3.8) is 0 Å². The highest BCUT2D eigenvalue weighted by molar-refractivity contribution is 7.89. The van der Waals surface area contributed by atoms with Crippen LogP contribution in [0.5, 0.6) is 0 Å². The summed E-state index contributed by atoms with van der Waals surface area (Å²) in [6, 6.07) is 7.31. The Hall–Kier alpha value is -1.86. The zero-order valence-electron chi connectivity index (χ0n) is 12.4. The van der Waals surface area contributed by atoms with Gasteiger partial charge in [-0.05, 0) is 31.9 Å². The molecule has 7 heteroatoms. The van der Waals surface area contributed by atoms with Crippen LogP contribution in [0.15, 0.2) is 35.4 Å². The van der Waals surface area contributed by atoms with Crippen LogP contribution in [0, 0.1) is 6.92 Å². The molecule has 21 heavy (non-hydrogen) atoms. The minimum absolute atomic E-state index is 0.0151. The number of hydrogen-bond donors (Lipinski definition) is 2. The number of nitrogens with one attached hydrogen (secondary N) is 1. The molecule has 0 aliphatic carbocycles. The van der Waals surface area contributed by atoms with Crippen molar-refractivity contribution < 1.29 is 8.42 Å². The lowest BCUT2D eigenvalue weighted by molar-refractivity contribution is 0.566. The second-order valence-electron chi connectivity index (χ2n) is 4.93.